The summed E-state index contributed by atoms with van der Waals surface area (Å²) in [5.74, 6) is 0.612. The third kappa shape index (κ3) is 4.99. The van der Waals surface area contributed by atoms with Crippen LogP contribution in [0.25, 0.3) is 0 Å². The van der Waals surface area contributed by atoms with Gasteiger partial charge in [-0.25, -0.2) is 0 Å². The molecule has 16 heavy (non-hydrogen) atoms. The van der Waals surface area contributed by atoms with E-state index in [0.717, 1.165) is 6.42 Å². The van der Waals surface area contributed by atoms with Gasteiger partial charge in [-0.15, -0.1) is 11.6 Å². The molecule has 0 fully saturated rings. The van der Waals surface area contributed by atoms with Crippen LogP contribution in [-0.2, 0) is 12.3 Å². The second kappa shape index (κ2) is 7.95. The summed E-state index contributed by atoms with van der Waals surface area (Å²) in [6.45, 7) is 2.16. The minimum absolute atomic E-state index is 0.612. The Kier molecular flexibility index (Phi) is 6.36. The minimum Gasteiger partial charge on any atom is -0.122 e. The molecule has 0 spiro atoms. The second-order valence-corrected chi connectivity index (χ2v) is 3.73. The summed E-state index contributed by atoms with van der Waals surface area (Å²) >= 11 is 5.53. The van der Waals surface area contributed by atoms with Gasteiger partial charge in [0.2, 0.25) is 0 Å². The summed E-state index contributed by atoms with van der Waals surface area (Å²) in [4.78, 5) is 0. The zero-order chi connectivity index (χ0) is 11.6. The second-order valence-electron chi connectivity index (χ2n) is 3.46. The normalized spacial score (nSPS) is 9.12. The molecule has 0 N–H and O–H groups in total. The summed E-state index contributed by atoms with van der Waals surface area (Å²) < 4.78 is 0. The Morgan fingerprint density at radius 3 is 1.44 bits per heavy atom. The summed E-state index contributed by atoms with van der Waals surface area (Å²) in [5.41, 5.74) is 2.58. The molecule has 84 valence electrons. The summed E-state index contributed by atoms with van der Waals surface area (Å²) in [7, 11) is 0. The van der Waals surface area contributed by atoms with Crippen molar-refractivity contribution in [1.29, 1.82) is 0 Å². The largest absolute Gasteiger partial charge is 0.122 e. The van der Waals surface area contributed by atoms with Crippen LogP contribution in [-0.4, -0.2) is 0 Å². The zero-order valence-corrected chi connectivity index (χ0v) is 10.3. The molecule has 0 heterocycles. The molecule has 0 aliphatic rings. The zero-order valence-electron chi connectivity index (χ0n) is 9.57. The summed E-state index contributed by atoms with van der Waals surface area (Å²) in [5, 5.41) is 0. The van der Waals surface area contributed by atoms with Gasteiger partial charge in [-0.1, -0.05) is 67.6 Å². The SMILES string of the molecule is CCc1ccccc1.ClCc1ccccc1. The van der Waals surface area contributed by atoms with Gasteiger partial charge in [0, 0.05) is 5.88 Å². The van der Waals surface area contributed by atoms with Crippen molar-refractivity contribution in [3.05, 3.63) is 71.8 Å². The fourth-order valence-electron chi connectivity index (χ4n) is 1.28. The lowest BCUT2D eigenvalue weighted by atomic mass is 10.2. The number of aryl methyl sites for hydroxylation is 1. The molecule has 0 saturated carbocycles. The molecule has 0 nitrogen and oxygen atoms in total. The Hall–Kier alpha value is -1.27. The standard InChI is InChI=1S/C8H10.C7H7Cl/c1-2-8-6-4-3-5-7-8;8-6-7-4-2-1-3-5-7/h3-7H,2H2,1H3;1-5H,6H2. The van der Waals surface area contributed by atoms with Gasteiger partial charge in [0.15, 0.2) is 0 Å². The first-order valence-corrected chi connectivity index (χ1v) is 6.04. The molecule has 0 amide bonds. The van der Waals surface area contributed by atoms with Gasteiger partial charge < -0.3 is 0 Å². The van der Waals surface area contributed by atoms with Crippen molar-refractivity contribution in [3.63, 3.8) is 0 Å². The number of hydrogen-bond acceptors (Lipinski definition) is 0. The molecular weight excluding hydrogens is 216 g/mol. The van der Waals surface area contributed by atoms with Crippen LogP contribution in [0.15, 0.2) is 60.7 Å². The van der Waals surface area contributed by atoms with E-state index in [2.05, 4.69) is 31.2 Å². The Bertz CT molecular complexity index is 328. The smallest absolute Gasteiger partial charge is 0.0474 e. The Balaban J connectivity index is 0.000000160. The van der Waals surface area contributed by atoms with Gasteiger partial charge in [0.25, 0.3) is 0 Å². The number of alkyl halides is 1. The molecule has 2 rings (SSSR count). The van der Waals surface area contributed by atoms with Gasteiger partial charge in [0.05, 0.1) is 0 Å². The van der Waals surface area contributed by atoms with Crippen molar-refractivity contribution in [2.45, 2.75) is 19.2 Å². The molecule has 0 aliphatic carbocycles. The van der Waals surface area contributed by atoms with Crippen LogP contribution in [0.2, 0.25) is 0 Å². The predicted octanol–water partition coefficient (Wildman–Crippen LogP) is 4.67. The first-order valence-electron chi connectivity index (χ1n) is 5.50. The van der Waals surface area contributed by atoms with Crippen molar-refractivity contribution in [3.8, 4) is 0 Å². The van der Waals surface area contributed by atoms with Crippen molar-refractivity contribution in [2.75, 3.05) is 0 Å². The Morgan fingerprint density at radius 2 is 1.19 bits per heavy atom. The highest BCUT2D eigenvalue weighted by molar-refractivity contribution is 6.17. The molecule has 0 unspecified atom stereocenters. The van der Waals surface area contributed by atoms with Crippen LogP contribution >= 0.6 is 11.6 Å². The maximum absolute atomic E-state index is 5.53. The summed E-state index contributed by atoms with van der Waals surface area (Å²) in [6.07, 6.45) is 1.14. The van der Waals surface area contributed by atoms with Gasteiger partial charge in [-0.05, 0) is 17.5 Å². The minimum atomic E-state index is 0.612. The average Bonchev–Trinajstić information content (AvgIpc) is 2.41. The van der Waals surface area contributed by atoms with Crippen LogP contribution < -0.4 is 0 Å². The van der Waals surface area contributed by atoms with E-state index in [1.165, 1.54) is 11.1 Å². The van der Waals surface area contributed by atoms with E-state index in [1.807, 2.05) is 36.4 Å². The quantitative estimate of drug-likeness (QED) is 0.660. The average molecular weight is 233 g/mol. The highest BCUT2D eigenvalue weighted by atomic mass is 35.5. The van der Waals surface area contributed by atoms with E-state index in [4.69, 9.17) is 11.6 Å². The third-order valence-corrected chi connectivity index (χ3v) is 2.56. The maximum atomic E-state index is 5.53. The topological polar surface area (TPSA) is 0 Å². The molecule has 1 heteroatoms. The van der Waals surface area contributed by atoms with Gasteiger partial charge in [-0.2, -0.15) is 0 Å². The number of rotatable bonds is 2. The van der Waals surface area contributed by atoms with E-state index in [9.17, 15) is 0 Å². The lowest BCUT2D eigenvalue weighted by Gasteiger charge is -1.89. The first kappa shape index (κ1) is 12.8. The highest BCUT2D eigenvalue weighted by Crippen LogP contribution is 2.00. The van der Waals surface area contributed by atoms with Gasteiger partial charge >= 0.3 is 0 Å². The van der Waals surface area contributed by atoms with Crippen LogP contribution in [0.1, 0.15) is 18.1 Å². The lowest BCUT2D eigenvalue weighted by Crippen LogP contribution is -1.73. The fraction of sp³-hybridized carbons (Fsp3) is 0.200. The molecule has 2 aromatic carbocycles. The molecule has 0 aliphatic heterocycles. The van der Waals surface area contributed by atoms with Crippen molar-refractivity contribution >= 4 is 11.6 Å². The van der Waals surface area contributed by atoms with Crippen LogP contribution in [0.5, 0.6) is 0 Å². The van der Waals surface area contributed by atoms with Gasteiger partial charge in [-0.3, -0.25) is 0 Å². The van der Waals surface area contributed by atoms with Crippen molar-refractivity contribution in [1.82, 2.24) is 0 Å². The monoisotopic (exact) mass is 232 g/mol. The number of benzene rings is 2. The van der Waals surface area contributed by atoms with Crippen molar-refractivity contribution in [2.24, 2.45) is 0 Å². The van der Waals surface area contributed by atoms with Gasteiger partial charge in [0.1, 0.15) is 0 Å². The van der Waals surface area contributed by atoms with Crippen LogP contribution in [0, 0.1) is 0 Å². The van der Waals surface area contributed by atoms with Crippen LogP contribution in [0.3, 0.4) is 0 Å². The molecule has 0 saturated heterocycles. The molecule has 2 aromatic rings. The summed E-state index contributed by atoms with van der Waals surface area (Å²) in [6, 6.07) is 20.4. The highest BCUT2D eigenvalue weighted by Gasteiger charge is 1.81. The first-order chi connectivity index (χ1) is 7.86. The third-order valence-electron chi connectivity index (χ3n) is 2.25. The van der Waals surface area contributed by atoms with Crippen LogP contribution in [0.4, 0.5) is 0 Å². The number of hydrogen-bond donors (Lipinski definition) is 0. The molecule has 0 radical (unpaired) electrons. The lowest BCUT2D eigenvalue weighted by molar-refractivity contribution is 1.14. The Labute approximate surface area is 103 Å². The van der Waals surface area contributed by atoms with E-state index in [-0.39, 0.29) is 0 Å². The Morgan fingerprint density at radius 1 is 0.750 bits per heavy atom. The molecule has 0 atom stereocenters. The van der Waals surface area contributed by atoms with E-state index in [0.29, 0.717) is 5.88 Å². The van der Waals surface area contributed by atoms with Crippen molar-refractivity contribution < 1.29 is 0 Å². The molecular formula is C15H17Cl. The molecule has 0 aromatic heterocycles. The predicted molar refractivity (Wildman–Crippen MR) is 71.8 cm³/mol. The number of halogens is 1. The van der Waals surface area contributed by atoms with E-state index < -0.39 is 0 Å². The fourth-order valence-corrected chi connectivity index (χ4v) is 1.46. The van der Waals surface area contributed by atoms with E-state index in [1.54, 1.807) is 0 Å². The molecule has 0 bridgehead atoms. The van der Waals surface area contributed by atoms with E-state index >= 15 is 0 Å². The maximum Gasteiger partial charge on any atom is 0.0474 e.